The largest absolute Gasteiger partial charge is 0.453 e. The Balaban J connectivity index is 1.13. The highest BCUT2D eigenvalue weighted by Crippen LogP contribution is 2.48. The lowest BCUT2D eigenvalue weighted by atomic mass is 9.99. The van der Waals surface area contributed by atoms with Gasteiger partial charge in [-0.15, -0.1) is 11.3 Å². The lowest BCUT2D eigenvalue weighted by molar-refractivity contribution is 0.673. The number of para-hydroxylation sites is 3. The second-order valence-electron chi connectivity index (χ2n) is 14.4. The summed E-state index contributed by atoms with van der Waals surface area (Å²) >= 11 is 1.86. The Labute approximate surface area is 326 Å². The predicted molar refractivity (Wildman–Crippen MR) is 239 cm³/mol. The van der Waals surface area contributed by atoms with Crippen molar-refractivity contribution in [3.05, 3.63) is 194 Å². The molecule has 0 aliphatic carbocycles. The van der Waals surface area contributed by atoms with Crippen molar-refractivity contribution in [3.63, 3.8) is 0 Å². The average Bonchev–Trinajstić information content (AvgIpc) is 3.95. The second kappa shape index (κ2) is 12.2. The first-order valence-corrected chi connectivity index (χ1v) is 19.8. The molecule has 12 aromatic rings. The van der Waals surface area contributed by atoms with Crippen LogP contribution in [0.4, 0.5) is 17.1 Å². The standard InChI is InChI=1S/C52H32N2OS/c1-2-14-35(15-3-1)53-43-21-8-6-17-41(43)50-44(53)22-12-23-45(50)54(46-24-10-20-39-40-32-29-33-13-4-5-16-38(33)51(40)55-52(39)46)36-30-27-34(28-31-36)37-19-11-26-48-49(37)42-18-7-9-25-47(42)56-48/h1-32H. The Kier molecular flexibility index (Phi) is 6.80. The molecule has 0 saturated carbocycles. The molecule has 0 fully saturated rings. The summed E-state index contributed by atoms with van der Waals surface area (Å²) in [6, 6.07) is 70.1. The van der Waals surface area contributed by atoms with Crippen molar-refractivity contribution in [3.8, 4) is 16.8 Å². The predicted octanol–water partition coefficient (Wildman–Crippen LogP) is 15.3. The Morgan fingerprint density at radius 1 is 0.411 bits per heavy atom. The van der Waals surface area contributed by atoms with Gasteiger partial charge in [0.25, 0.3) is 0 Å². The fraction of sp³-hybridized carbons (Fsp3) is 0. The molecule has 0 amide bonds. The molecule has 0 atom stereocenters. The fourth-order valence-corrected chi connectivity index (χ4v) is 10.1. The topological polar surface area (TPSA) is 21.3 Å². The van der Waals surface area contributed by atoms with Crippen molar-refractivity contribution in [2.45, 2.75) is 0 Å². The van der Waals surface area contributed by atoms with E-state index in [0.29, 0.717) is 0 Å². The summed E-state index contributed by atoms with van der Waals surface area (Å²) in [6.07, 6.45) is 0. The van der Waals surface area contributed by atoms with Crippen LogP contribution in [0.1, 0.15) is 0 Å². The molecule has 0 bridgehead atoms. The molecule has 9 aromatic carbocycles. The third-order valence-corrected chi connectivity index (χ3v) is 12.5. The Hall–Kier alpha value is -7.14. The highest BCUT2D eigenvalue weighted by molar-refractivity contribution is 7.25. The summed E-state index contributed by atoms with van der Waals surface area (Å²) in [5.74, 6) is 0. The summed E-state index contributed by atoms with van der Waals surface area (Å²) in [6.45, 7) is 0. The number of nitrogens with zero attached hydrogens (tertiary/aromatic N) is 2. The maximum absolute atomic E-state index is 7.02. The number of anilines is 3. The highest BCUT2D eigenvalue weighted by atomic mass is 32.1. The number of rotatable bonds is 5. The molecule has 0 aliphatic rings. The van der Waals surface area contributed by atoms with Crippen molar-refractivity contribution < 1.29 is 4.42 Å². The Bertz CT molecular complexity index is 3480. The molecule has 0 radical (unpaired) electrons. The lowest BCUT2D eigenvalue weighted by Gasteiger charge is -2.27. The molecule has 0 unspecified atom stereocenters. The minimum Gasteiger partial charge on any atom is -0.453 e. The zero-order valence-electron chi connectivity index (χ0n) is 30.2. The highest BCUT2D eigenvalue weighted by Gasteiger charge is 2.24. The van der Waals surface area contributed by atoms with Crippen LogP contribution in [-0.4, -0.2) is 4.57 Å². The van der Waals surface area contributed by atoms with E-state index in [1.54, 1.807) is 0 Å². The minimum atomic E-state index is 0.862. The van der Waals surface area contributed by atoms with Gasteiger partial charge in [-0.05, 0) is 83.2 Å². The van der Waals surface area contributed by atoms with Gasteiger partial charge in [0.05, 0.1) is 22.4 Å². The summed E-state index contributed by atoms with van der Waals surface area (Å²) in [4.78, 5) is 2.40. The quantitative estimate of drug-likeness (QED) is 0.176. The smallest absolute Gasteiger partial charge is 0.159 e. The minimum absolute atomic E-state index is 0.862. The van der Waals surface area contributed by atoms with Gasteiger partial charge in [0.15, 0.2) is 5.58 Å². The van der Waals surface area contributed by atoms with Crippen LogP contribution < -0.4 is 4.90 Å². The van der Waals surface area contributed by atoms with Gasteiger partial charge in [-0.2, -0.15) is 0 Å². The molecule has 3 heterocycles. The van der Waals surface area contributed by atoms with Crippen LogP contribution in [0.5, 0.6) is 0 Å². The van der Waals surface area contributed by atoms with Gasteiger partial charge in [0, 0.05) is 58.5 Å². The van der Waals surface area contributed by atoms with Crippen LogP contribution in [0, 0.1) is 0 Å². The first-order valence-electron chi connectivity index (χ1n) is 19.0. The first kappa shape index (κ1) is 31.2. The number of thiophene rings is 1. The van der Waals surface area contributed by atoms with Crippen molar-refractivity contribution in [2.75, 3.05) is 4.90 Å². The third-order valence-electron chi connectivity index (χ3n) is 11.4. The summed E-state index contributed by atoms with van der Waals surface area (Å²) < 4.78 is 12.0. The molecule has 0 saturated heterocycles. The van der Waals surface area contributed by atoms with Crippen LogP contribution in [0.2, 0.25) is 0 Å². The van der Waals surface area contributed by atoms with E-state index in [0.717, 1.165) is 55.6 Å². The Morgan fingerprint density at radius 2 is 1.07 bits per heavy atom. The molecule has 4 heteroatoms. The van der Waals surface area contributed by atoms with Gasteiger partial charge in [-0.1, -0.05) is 127 Å². The lowest BCUT2D eigenvalue weighted by Crippen LogP contribution is -2.10. The average molecular weight is 733 g/mol. The van der Waals surface area contributed by atoms with Crippen molar-refractivity contribution in [1.29, 1.82) is 0 Å². The maximum atomic E-state index is 7.02. The zero-order valence-corrected chi connectivity index (χ0v) is 31.0. The molecule has 0 N–H and O–H groups in total. The van der Waals surface area contributed by atoms with Crippen molar-refractivity contribution >= 4 is 103 Å². The van der Waals surface area contributed by atoms with Crippen LogP contribution >= 0.6 is 11.3 Å². The van der Waals surface area contributed by atoms with Crippen LogP contribution in [0.3, 0.4) is 0 Å². The summed E-state index contributed by atoms with van der Waals surface area (Å²) in [5.41, 5.74) is 10.8. The number of hydrogen-bond acceptors (Lipinski definition) is 3. The molecule has 3 aromatic heterocycles. The molecule has 262 valence electrons. The van der Waals surface area contributed by atoms with Crippen LogP contribution in [0.15, 0.2) is 199 Å². The maximum Gasteiger partial charge on any atom is 0.159 e. The van der Waals surface area contributed by atoms with Gasteiger partial charge in [0.2, 0.25) is 0 Å². The normalized spacial score (nSPS) is 11.9. The number of fused-ring (bicyclic) bond motifs is 11. The first-order chi connectivity index (χ1) is 27.8. The van der Waals surface area contributed by atoms with E-state index in [2.05, 4.69) is 204 Å². The molecular weight excluding hydrogens is 701 g/mol. The molecule has 3 nitrogen and oxygen atoms in total. The second-order valence-corrected chi connectivity index (χ2v) is 15.5. The summed E-state index contributed by atoms with van der Waals surface area (Å²) in [7, 11) is 0. The van der Waals surface area contributed by atoms with Crippen LogP contribution in [0.25, 0.3) is 91.5 Å². The van der Waals surface area contributed by atoms with E-state index in [9.17, 15) is 0 Å². The molecular formula is C52H32N2OS. The SMILES string of the molecule is c1ccc(-n2c3ccccc3c3c(N(c4ccc(-c5cccc6sc7ccccc7c56)cc4)c4cccc5c4oc4c6ccccc6ccc54)cccc32)cc1. The van der Waals surface area contributed by atoms with E-state index < -0.39 is 0 Å². The zero-order chi connectivity index (χ0) is 36.7. The van der Waals surface area contributed by atoms with Crippen molar-refractivity contribution in [1.82, 2.24) is 4.57 Å². The molecule has 0 spiro atoms. The van der Waals surface area contributed by atoms with Gasteiger partial charge < -0.3 is 13.9 Å². The van der Waals surface area contributed by atoms with Crippen LogP contribution in [-0.2, 0) is 0 Å². The molecule has 0 aliphatic heterocycles. The number of aromatic nitrogens is 1. The number of furan rings is 1. The van der Waals surface area contributed by atoms with E-state index in [4.69, 9.17) is 4.42 Å². The van der Waals surface area contributed by atoms with Gasteiger partial charge in [0.1, 0.15) is 5.58 Å². The fourth-order valence-electron chi connectivity index (χ4n) is 8.94. The van der Waals surface area contributed by atoms with Gasteiger partial charge in [-0.3, -0.25) is 0 Å². The number of hydrogen-bond donors (Lipinski definition) is 0. The van der Waals surface area contributed by atoms with E-state index >= 15 is 0 Å². The molecule has 12 rings (SSSR count). The number of benzene rings is 9. The third kappa shape index (κ3) is 4.57. The monoisotopic (exact) mass is 732 g/mol. The van der Waals surface area contributed by atoms with Gasteiger partial charge >= 0.3 is 0 Å². The molecule has 56 heavy (non-hydrogen) atoms. The van der Waals surface area contributed by atoms with E-state index in [1.807, 2.05) is 11.3 Å². The summed E-state index contributed by atoms with van der Waals surface area (Å²) in [5, 5.41) is 9.50. The van der Waals surface area contributed by atoms with Crippen molar-refractivity contribution in [2.24, 2.45) is 0 Å². The van der Waals surface area contributed by atoms with Gasteiger partial charge in [-0.25, -0.2) is 0 Å². The Morgan fingerprint density at radius 3 is 1.96 bits per heavy atom. The van der Waals surface area contributed by atoms with E-state index in [1.165, 1.54) is 53.0 Å². The van der Waals surface area contributed by atoms with E-state index in [-0.39, 0.29) is 0 Å².